The summed E-state index contributed by atoms with van der Waals surface area (Å²) in [5.74, 6) is 1.67. The lowest BCUT2D eigenvalue weighted by atomic mass is 10.3. The molecule has 7 nitrogen and oxygen atoms in total. The molecule has 1 N–H and O–H groups in total. The van der Waals surface area contributed by atoms with E-state index in [1.54, 1.807) is 39.7 Å². The van der Waals surface area contributed by atoms with Crippen LogP contribution in [0.25, 0.3) is 11.4 Å². The van der Waals surface area contributed by atoms with Gasteiger partial charge in [0, 0.05) is 32.6 Å². The first-order valence-corrected chi connectivity index (χ1v) is 5.68. The Hall–Kier alpha value is -2.28. The number of hydrogen-bond donors (Lipinski definition) is 1. The van der Waals surface area contributed by atoms with Gasteiger partial charge in [-0.2, -0.15) is 0 Å². The fraction of sp³-hybridized carbons (Fsp3) is 0.333. The van der Waals surface area contributed by atoms with Crippen LogP contribution in [0.15, 0.2) is 18.5 Å². The molecule has 0 bridgehead atoms. The standard InChI is InChI=1S/C12H15N5O2/c1-13-9-6-8(16-10(17-9)7-18-2)11-12(19-3)15-5-4-14-11/h4-6H,7H2,1-3H3,(H,13,16,17). The van der Waals surface area contributed by atoms with Gasteiger partial charge < -0.3 is 14.8 Å². The molecule has 0 atom stereocenters. The molecule has 2 aromatic rings. The number of hydrogen-bond acceptors (Lipinski definition) is 7. The SMILES string of the molecule is CNc1cc(-c2nccnc2OC)nc(COC)n1. The first-order chi connectivity index (χ1) is 9.28. The van der Waals surface area contributed by atoms with Crippen LogP contribution in [-0.4, -0.2) is 41.2 Å². The fourth-order valence-corrected chi connectivity index (χ4v) is 1.59. The van der Waals surface area contributed by atoms with E-state index in [9.17, 15) is 0 Å². The molecule has 0 radical (unpaired) electrons. The average molecular weight is 261 g/mol. The second kappa shape index (κ2) is 6.05. The Morgan fingerprint density at radius 3 is 2.63 bits per heavy atom. The Kier molecular flexibility index (Phi) is 4.19. The zero-order chi connectivity index (χ0) is 13.7. The van der Waals surface area contributed by atoms with Crippen molar-refractivity contribution in [2.45, 2.75) is 6.61 Å². The summed E-state index contributed by atoms with van der Waals surface area (Å²) in [5.41, 5.74) is 1.21. The van der Waals surface area contributed by atoms with Crippen LogP contribution in [0.3, 0.4) is 0 Å². The molecular formula is C12H15N5O2. The van der Waals surface area contributed by atoms with Gasteiger partial charge in [-0.05, 0) is 0 Å². The summed E-state index contributed by atoms with van der Waals surface area (Å²) in [6.45, 7) is 0.325. The summed E-state index contributed by atoms with van der Waals surface area (Å²) in [5, 5.41) is 2.98. The minimum Gasteiger partial charge on any atom is -0.479 e. The van der Waals surface area contributed by atoms with Crippen LogP contribution in [0.1, 0.15) is 5.82 Å². The molecule has 2 heterocycles. The van der Waals surface area contributed by atoms with Gasteiger partial charge in [0.15, 0.2) is 11.5 Å². The van der Waals surface area contributed by atoms with Crippen molar-refractivity contribution in [1.82, 2.24) is 19.9 Å². The molecule has 2 aromatic heterocycles. The van der Waals surface area contributed by atoms with Crippen LogP contribution < -0.4 is 10.1 Å². The molecule has 0 aliphatic rings. The van der Waals surface area contributed by atoms with Crippen molar-refractivity contribution in [1.29, 1.82) is 0 Å². The van der Waals surface area contributed by atoms with E-state index < -0.39 is 0 Å². The van der Waals surface area contributed by atoms with Gasteiger partial charge in [0.05, 0.1) is 7.11 Å². The minimum absolute atomic E-state index is 0.325. The summed E-state index contributed by atoms with van der Waals surface area (Å²) < 4.78 is 10.2. The van der Waals surface area contributed by atoms with Gasteiger partial charge in [0.25, 0.3) is 0 Å². The third-order valence-corrected chi connectivity index (χ3v) is 2.40. The van der Waals surface area contributed by atoms with E-state index in [1.165, 1.54) is 0 Å². The molecular weight excluding hydrogens is 246 g/mol. The Morgan fingerprint density at radius 2 is 1.95 bits per heavy atom. The second-order valence-corrected chi connectivity index (χ2v) is 3.65. The number of methoxy groups -OCH3 is 2. The topological polar surface area (TPSA) is 82.1 Å². The van der Waals surface area contributed by atoms with Crippen molar-refractivity contribution in [3.8, 4) is 17.3 Å². The summed E-state index contributed by atoms with van der Waals surface area (Å²) in [4.78, 5) is 17.0. The maximum absolute atomic E-state index is 5.19. The van der Waals surface area contributed by atoms with Crippen molar-refractivity contribution >= 4 is 5.82 Å². The van der Waals surface area contributed by atoms with Crippen molar-refractivity contribution < 1.29 is 9.47 Å². The average Bonchev–Trinajstić information content (AvgIpc) is 2.47. The van der Waals surface area contributed by atoms with Gasteiger partial charge >= 0.3 is 0 Å². The zero-order valence-corrected chi connectivity index (χ0v) is 11.0. The highest BCUT2D eigenvalue weighted by Gasteiger charge is 2.12. The monoisotopic (exact) mass is 261 g/mol. The lowest BCUT2D eigenvalue weighted by Gasteiger charge is -2.08. The lowest BCUT2D eigenvalue weighted by Crippen LogP contribution is -2.04. The molecule has 0 saturated carbocycles. The number of nitrogens with one attached hydrogen (secondary N) is 1. The smallest absolute Gasteiger partial charge is 0.241 e. The van der Waals surface area contributed by atoms with Gasteiger partial charge in [0.1, 0.15) is 18.1 Å². The third kappa shape index (κ3) is 2.94. The lowest BCUT2D eigenvalue weighted by molar-refractivity contribution is 0.178. The van der Waals surface area contributed by atoms with Gasteiger partial charge in [-0.3, -0.25) is 0 Å². The molecule has 100 valence electrons. The molecule has 0 spiro atoms. The Balaban J connectivity index is 2.51. The molecule has 7 heteroatoms. The van der Waals surface area contributed by atoms with Gasteiger partial charge in [-0.1, -0.05) is 0 Å². The molecule has 19 heavy (non-hydrogen) atoms. The van der Waals surface area contributed by atoms with E-state index in [0.29, 0.717) is 35.5 Å². The normalized spacial score (nSPS) is 10.3. The number of anilines is 1. The van der Waals surface area contributed by atoms with Crippen LogP contribution in [0.4, 0.5) is 5.82 Å². The maximum atomic E-state index is 5.19. The summed E-state index contributed by atoms with van der Waals surface area (Å²) >= 11 is 0. The summed E-state index contributed by atoms with van der Waals surface area (Å²) in [7, 11) is 4.93. The van der Waals surface area contributed by atoms with Crippen molar-refractivity contribution in [2.75, 3.05) is 26.6 Å². The van der Waals surface area contributed by atoms with Gasteiger partial charge in [-0.15, -0.1) is 0 Å². The molecule has 0 aromatic carbocycles. The van der Waals surface area contributed by atoms with Crippen LogP contribution in [0.2, 0.25) is 0 Å². The van der Waals surface area contributed by atoms with Crippen LogP contribution >= 0.6 is 0 Å². The first kappa shape index (κ1) is 13.2. The maximum Gasteiger partial charge on any atom is 0.241 e. The largest absolute Gasteiger partial charge is 0.479 e. The summed E-state index contributed by atoms with van der Waals surface area (Å²) in [6, 6.07) is 1.78. The highest BCUT2D eigenvalue weighted by atomic mass is 16.5. The van der Waals surface area contributed by atoms with E-state index in [4.69, 9.17) is 9.47 Å². The van der Waals surface area contributed by atoms with E-state index in [-0.39, 0.29) is 0 Å². The number of ether oxygens (including phenoxy) is 2. The van der Waals surface area contributed by atoms with Crippen molar-refractivity contribution in [3.63, 3.8) is 0 Å². The van der Waals surface area contributed by atoms with Crippen molar-refractivity contribution in [2.24, 2.45) is 0 Å². The number of aromatic nitrogens is 4. The van der Waals surface area contributed by atoms with Gasteiger partial charge in [0.2, 0.25) is 5.88 Å². The van der Waals surface area contributed by atoms with Crippen LogP contribution in [-0.2, 0) is 11.3 Å². The molecule has 0 aliphatic carbocycles. The number of nitrogens with zero attached hydrogens (tertiary/aromatic N) is 4. The predicted molar refractivity (Wildman–Crippen MR) is 69.9 cm³/mol. The molecule has 0 fully saturated rings. The van der Waals surface area contributed by atoms with E-state index in [2.05, 4.69) is 25.3 Å². The molecule has 0 amide bonds. The van der Waals surface area contributed by atoms with Crippen LogP contribution in [0.5, 0.6) is 5.88 Å². The zero-order valence-electron chi connectivity index (χ0n) is 11.0. The fourth-order valence-electron chi connectivity index (χ4n) is 1.59. The van der Waals surface area contributed by atoms with Crippen LogP contribution in [0, 0.1) is 0 Å². The quantitative estimate of drug-likeness (QED) is 0.863. The first-order valence-electron chi connectivity index (χ1n) is 5.68. The Bertz CT molecular complexity index is 562. The molecule has 0 saturated heterocycles. The highest BCUT2D eigenvalue weighted by molar-refractivity contribution is 5.63. The second-order valence-electron chi connectivity index (χ2n) is 3.65. The van der Waals surface area contributed by atoms with E-state index >= 15 is 0 Å². The molecule has 0 unspecified atom stereocenters. The van der Waals surface area contributed by atoms with Crippen molar-refractivity contribution in [3.05, 3.63) is 24.3 Å². The predicted octanol–water partition coefficient (Wildman–Crippen LogP) is 1.13. The summed E-state index contributed by atoms with van der Waals surface area (Å²) in [6.07, 6.45) is 3.16. The Morgan fingerprint density at radius 1 is 1.16 bits per heavy atom. The van der Waals surface area contributed by atoms with E-state index in [0.717, 1.165) is 0 Å². The molecule has 0 aliphatic heterocycles. The minimum atomic E-state index is 0.325. The third-order valence-electron chi connectivity index (χ3n) is 2.40. The highest BCUT2D eigenvalue weighted by Crippen LogP contribution is 2.24. The van der Waals surface area contributed by atoms with E-state index in [1.807, 2.05) is 0 Å². The Labute approximate surface area is 111 Å². The number of rotatable bonds is 5. The molecule has 2 rings (SSSR count). The van der Waals surface area contributed by atoms with Gasteiger partial charge in [-0.25, -0.2) is 19.9 Å².